The van der Waals surface area contributed by atoms with Crippen molar-refractivity contribution in [1.82, 2.24) is 4.90 Å². The molecule has 1 aromatic rings. The zero-order valence-electron chi connectivity index (χ0n) is 9.44. The molecule has 1 heterocycles. The number of aliphatic imine (C=N–C) groups is 1. The normalized spacial score (nSPS) is 23.4. The predicted octanol–water partition coefficient (Wildman–Crippen LogP) is 3.10. The van der Waals surface area contributed by atoms with Gasteiger partial charge in [-0.2, -0.15) is 4.99 Å². The van der Waals surface area contributed by atoms with E-state index < -0.39 is 0 Å². The summed E-state index contributed by atoms with van der Waals surface area (Å²) >= 11 is 9.44. The summed E-state index contributed by atoms with van der Waals surface area (Å²) in [5.74, 6) is 0.352. The first-order valence-corrected chi connectivity index (χ1v) is 6.86. The Kier molecular flexibility index (Phi) is 2.83. The van der Waals surface area contributed by atoms with Crippen LogP contribution in [0.1, 0.15) is 24.4 Å². The lowest BCUT2D eigenvalue weighted by molar-refractivity contribution is 0.203. The quantitative estimate of drug-likeness (QED) is 0.907. The Morgan fingerprint density at radius 2 is 2.17 bits per heavy atom. The lowest BCUT2D eigenvalue weighted by Gasteiger charge is -2.24. The molecular formula is C12H11BrClN3O. The minimum atomic E-state index is -0.268. The number of hydrogen-bond acceptors (Lipinski definition) is 2. The third-order valence-electron chi connectivity index (χ3n) is 3.20. The first-order valence-electron chi connectivity index (χ1n) is 5.69. The topological polar surface area (TPSA) is 58.7 Å². The molecule has 6 heteroatoms. The van der Waals surface area contributed by atoms with Crippen LogP contribution in [0.2, 0.25) is 5.02 Å². The van der Waals surface area contributed by atoms with Gasteiger partial charge in [0.2, 0.25) is 0 Å². The van der Waals surface area contributed by atoms with Crippen LogP contribution in [-0.2, 0) is 0 Å². The predicted molar refractivity (Wildman–Crippen MR) is 73.8 cm³/mol. The molecule has 0 bridgehead atoms. The van der Waals surface area contributed by atoms with Crippen LogP contribution >= 0.6 is 27.5 Å². The van der Waals surface area contributed by atoms with E-state index in [1.54, 1.807) is 4.90 Å². The Bertz CT molecular complexity index is 556. The fraction of sp³-hybridized carbons (Fsp3) is 0.333. The molecule has 2 aliphatic rings. The van der Waals surface area contributed by atoms with Gasteiger partial charge in [0.1, 0.15) is 11.9 Å². The van der Waals surface area contributed by atoms with Gasteiger partial charge in [-0.05, 0) is 46.5 Å². The highest BCUT2D eigenvalue weighted by Crippen LogP contribution is 2.39. The molecule has 4 nitrogen and oxygen atoms in total. The van der Waals surface area contributed by atoms with Gasteiger partial charge in [-0.25, -0.2) is 4.79 Å². The number of amidine groups is 1. The Morgan fingerprint density at radius 1 is 1.44 bits per heavy atom. The van der Waals surface area contributed by atoms with Crippen LogP contribution in [0.3, 0.4) is 0 Å². The largest absolute Gasteiger partial charge is 0.385 e. The van der Waals surface area contributed by atoms with Crippen molar-refractivity contribution in [3.05, 3.63) is 33.3 Å². The van der Waals surface area contributed by atoms with Gasteiger partial charge in [0.25, 0.3) is 0 Å². The van der Waals surface area contributed by atoms with Gasteiger partial charge in [0.05, 0.1) is 5.02 Å². The Balaban J connectivity index is 2.00. The van der Waals surface area contributed by atoms with E-state index >= 15 is 0 Å². The minimum absolute atomic E-state index is 0.237. The molecule has 0 saturated heterocycles. The molecule has 1 aromatic carbocycles. The molecule has 0 spiro atoms. The number of nitrogens with two attached hydrogens (primary N) is 1. The van der Waals surface area contributed by atoms with E-state index in [4.69, 9.17) is 17.3 Å². The number of nitrogens with zero attached hydrogens (tertiary/aromatic N) is 2. The number of halogens is 2. The van der Waals surface area contributed by atoms with Crippen LogP contribution < -0.4 is 5.73 Å². The Hall–Kier alpha value is -1.07. The number of urea groups is 1. The summed E-state index contributed by atoms with van der Waals surface area (Å²) in [7, 11) is 0. The second kappa shape index (κ2) is 4.24. The molecule has 1 atom stereocenters. The van der Waals surface area contributed by atoms with Gasteiger partial charge in [0.15, 0.2) is 0 Å². The van der Waals surface area contributed by atoms with E-state index in [2.05, 4.69) is 20.9 Å². The molecule has 1 unspecified atom stereocenters. The third kappa shape index (κ3) is 1.91. The maximum Gasteiger partial charge on any atom is 0.346 e. The van der Waals surface area contributed by atoms with Crippen LogP contribution in [0, 0.1) is 0 Å². The van der Waals surface area contributed by atoms with Crippen molar-refractivity contribution in [3.8, 4) is 0 Å². The van der Waals surface area contributed by atoms with Crippen molar-refractivity contribution in [1.29, 1.82) is 0 Å². The van der Waals surface area contributed by atoms with Crippen LogP contribution in [-0.4, -0.2) is 22.8 Å². The highest BCUT2D eigenvalue weighted by molar-refractivity contribution is 9.10. The summed E-state index contributed by atoms with van der Waals surface area (Å²) in [6.45, 7) is 0. The molecule has 2 N–H and O–H groups in total. The molecule has 94 valence electrons. The smallest absolute Gasteiger partial charge is 0.346 e. The first-order chi connectivity index (χ1) is 8.58. The molecular weight excluding hydrogens is 318 g/mol. The maximum atomic E-state index is 11.8. The molecule has 1 fully saturated rings. The lowest BCUT2D eigenvalue weighted by Crippen LogP contribution is -2.35. The van der Waals surface area contributed by atoms with E-state index in [1.165, 1.54) is 0 Å². The molecule has 2 amide bonds. The lowest BCUT2D eigenvalue weighted by atomic mass is 10.1. The van der Waals surface area contributed by atoms with Gasteiger partial charge in [-0.3, -0.25) is 0 Å². The first kappa shape index (κ1) is 12.0. The van der Waals surface area contributed by atoms with Crippen molar-refractivity contribution < 1.29 is 4.79 Å². The minimum Gasteiger partial charge on any atom is -0.385 e. The van der Waals surface area contributed by atoms with Gasteiger partial charge >= 0.3 is 6.03 Å². The summed E-state index contributed by atoms with van der Waals surface area (Å²) < 4.78 is 0.825. The van der Waals surface area contributed by atoms with Crippen LogP contribution in [0.15, 0.2) is 27.7 Å². The molecule has 0 aromatic heterocycles. The molecule has 1 aliphatic carbocycles. The van der Waals surface area contributed by atoms with Gasteiger partial charge in [-0.15, -0.1) is 0 Å². The van der Waals surface area contributed by atoms with Crippen molar-refractivity contribution in [2.75, 3.05) is 0 Å². The zero-order valence-corrected chi connectivity index (χ0v) is 11.8. The summed E-state index contributed by atoms with van der Waals surface area (Å²) in [6, 6.07) is 5.37. The fourth-order valence-electron chi connectivity index (χ4n) is 2.22. The average Bonchev–Trinajstić information content (AvgIpc) is 3.09. The fourth-order valence-corrected chi connectivity index (χ4v) is 2.65. The third-order valence-corrected chi connectivity index (χ3v) is 4.44. The second-order valence-electron chi connectivity index (χ2n) is 4.53. The van der Waals surface area contributed by atoms with E-state index in [-0.39, 0.29) is 18.1 Å². The number of rotatable bonds is 2. The number of hydrogen-bond donors (Lipinski definition) is 1. The molecule has 1 aliphatic heterocycles. The molecule has 0 radical (unpaired) electrons. The van der Waals surface area contributed by atoms with Crippen molar-refractivity contribution in [2.45, 2.75) is 24.9 Å². The van der Waals surface area contributed by atoms with E-state index in [0.717, 1.165) is 22.9 Å². The van der Waals surface area contributed by atoms with Crippen LogP contribution in [0.4, 0.5) is 4.79 Å². The second-order valence-corrected chi connectivity index (χ2v) is 5.80. The summed E-state index contributed by atoms with van der Waals surface area (Å²) in [6.07, 6.45) is 2.05. The summed E-state index contributed by atoms with van der Waals surface area (Å²) in [5, 5.41) is 0.607. The summed E-state index contributed by atoms with van der Waals surface area (Å²) in [5.41, 5.74) is 6.78. The van der Waals surface area contributed by atoms with Gasteiger partial charge in [-0.1, -0.05) is 17.7 Å². The SMILES string of the molecule is NC1=NC(=O)N(C2CC2)C1c1ccc(Br)c(Cl)c1. The monoisotopic (exact) mass is 327 g/mol. The van der Waals surface area contributed by atoms with Crippen molar-refractivity contribution >= 4 is 39.4 Å². The number of carbonyl (C=O) groups excluding carboxylic acids is 1. The van der Waals surface area contributed by atoms with Gasteiger partial charge < -0.3 is 10.6 Å². The van der Waals surface area contributed by atoms with E-state index in [1.807, 2.05) is 18.2 Å². The molecule has 18 heavy (non-hydrogen) atoms. The maximum absolute atomic E-state index is 11.8. The van der Waals surface area contributed by atoms with E-state index in [0.29, 0.717) is 10.9 Å². The zero-order chi connectivity index (χ0) is 12.9. The number of amides is 2. The van der Waals surface area contributed by atoms with Crippen LogP contribution in [0.5, 0.6) is 0 Å². The highest BCUT2D eigenvalue weighted by Gasteiger charge is 2.43. The molecule has 1 saturated carbocycles. The number of carbonyl (C=O) groups is 1. The van der Waals surface area contributed by atoms with Crippen LogP contribution in [0.25, 0.3) is 0 Å². The highest BCUT2D eigenvalue weighted by atomic mass is 79.9. The number of benzene rings is 1. The van der Waals surface area contributed by atoms with Crippen molar-refractivity contribution in [3.63, 3.8) is 0 Å². The van der Waals surface area contributed by atoms with Crippen molar-refractivity contribution in [2.24, 2.45) is 10.7 Å². The van der Waals surface area contributed by atoms with Gasteiger partial charge in [0, 0.05) is 10.5 Å². The Labute approximate surface area is 118 Å². The standard InChI is InChI=1S/C12H11BrClN3O/c13-8-4-1-6(5-9(8)14)10-11(15)16-12(18)17(10)7-2-3-7/h1,4-5,7,10H,2-3H2,(H2,15,16,18). The van der Waals surface area contributed by atoms with E-state index in [9.17, 15) is 4.79 Å². The average molecular weight is 329 g/mol. The Morgan fingerprint density at radius 3 is 2.78 bits per heavy atom. The molecule has 3 rings (SSSR count). The summed E-state index contributed by atoms with van der Waals surface area (Å²) in [4.78, 5) is 17.4.